The lowest BCUT2D eigenvalue weighted by molar-refractivity contribution is -0.129. The van der Waals surface area contributed by atoms with Crippen LogP contribution in [-0.4, -0.2) is 37.1 Å². The lowest BCUT2D eigenvalue weighted by Crippen LogP contribution is -2.35. The van der Waals surface area contributed by atoms with Crippen LogP contribution < -0.4 is 5.73 Å². The molecule has 1 aromatic carbocycles. The van der Waals surface area contributed by atoms with Gasteiger partial charge in [-0.15, -0.1) is 0 Å². The molecule has 1 aliphatic rings. The summed E-state index contributed by atoms with van der Waals surface area (Å²) in [6.07, 6.45) is 0.253. The van der Waals surface area contributed by atoms with Crippen LogP contribution in [0, 0.1) is 5.82 Å². The maximum atomic E-state index is 13.8. The number of carbonyl (C=O) groups excluding carboxylic acids is 1. The summed E-state index contributed by atoms with van der Waals surface area (Å²) in [7, 11) is 1.57. The quantitative estimate of drug-likeness (QED) is 0.872. The smallest absolute Gasteiger partial charge is 0.224 e. The van der Waals surface area contributed by atoms with Crippen LogP contribution in [0.25, 0.3) is 0 Å². The number of ether oxygens (including phenoxy) is 1. The SMILES string of the molecule is COCCN1C(=O)CC(N)C1c1ccccc1F. The molecule has 0 aliphatic carbocycles. The Morgan fingerprint density at radius 2 is 2.22 bits per heavy atom. The lowest BCUT2D eigenvalue weighted by atomic mass is 10.0. The van der Waals surface area contributed by atoms with Gasteiger partial charge in [0.25, 0.3) is 0 Å². The Bertz CT molecular complexity index is 439. The molecule has 1 amide bonds. The van der Waals surface area contributed by atoms with Crippen molar-refractivity contribution in [3.63, 3.8) is 0 Å². The number of nitrogens with zero attached hydrogens (tertiary/aromatic N) is 1. The van der Waals surface area contributed by atoms with E-state index in [-0.39, 0.29) is 24.2 Å². The largest absolute Gasteiger partial charge is 0.383 e. The van der Waals surface area contributed by atoms with Gasteiger partial charge in [0.2, 0.25) is 5.91 Å². The van der Waals surface area contributed by atoms with Crippen LogP contribution in [0.4, 0.5) is 4.39 Å². The zero-order valence-corrected chi connectivity index (χ0v) is 10.3. The molecule has 0 spiro atoms. The van der Waals surface area contributed by atoms with Gasteiger partial charge < -0.3 is 15.4 Å². The van der Waals surface area contributed by atoms with E-state index in [9.17, 15) is 9.18 Å². The van der Waals surface area contributed by atoms with Crippen LogP contribution in [0.2, 0.25) is 0 Å². The third-order valence-corrected chi connectivity index (χ3v) is 3.23. The molecule has 2 N–H and O–H groups in total. The first-order valence-corrected chi connectivity index (χ1v) is 5.93. The van der Waals surface area contributed by atoms with E-state index in [1.54, 1.807) is 30.2 Å². The van der Waals surface area contributed by atoms with Gasteiger partial charge in [0, 0.05) is 31.7 Å². The number of nitrogens with two attached hydrogens (primary N) is 1. The summed E-state index contributed by atoms with van der Waals surface area (Å²) < 4.78 is 18.8. The molecule has 2 rings (SSSR count). The lowest BCUT2D eigenvalue weighted by Gasteiger charge is -2.27. The summed E-state index contributed by atoms with van der Waals surface area (Å²) in [6.45, 7) is 0.853. The van der Waals surface area contributed by atoms with Gasteiger partial charge in [0.15, 0.2) is 0 Å². The molecule has 4 nitrogen and oxygen atoms in total. The number of hydrogen-bond donors (Lipinski definition) is 1. The molecular weight excluding hydrogens is 235 g/mol. The van der Waals surface area contributed by atoms with E-state index in [0.29, 0.717) is 18.7 Å². The average Bonchev–Trinajstić information content (AvgIpc) is 2.62. The van der Waals surface area contributed by atoms with Crippen LogP contribution in [-0.2, 0) is 9.53 Å². The Labute approximate surface area is 106 Å². The molecule has 1 aromatic rings. The molecule has 0 saturated carbocycles. The Morgan fingerprint density at radius 3 is 2.89 bits per heavy atom. The number of rotatable bonds is 4. The number of benzene rings is 1. The molecule has 1 aliphatic heterocycles. The topological polar surface area (TPSA) is 55.6 Å². The van der Waals surface area contributed by atoms with Crippen LogP contribution in [0.1, 0.15) is 18.0 Å². The molecular formula is C13H17FN2O2. The molecule has 0 aromatic heterocycles. The maximum Gasteiger partial charge on any atom is 0.224 e. The second-order valence-electron chi connectivity index (χ2n) is 4.41. The van der Waals surface area contributed by atoms with Crippen LogP contribution in [0.3, 0.4) is 0 Å². The molecule has 1 fully saturated rings. The van der Waals surface area contributed by atoms with Crippen LogP contribution in [0.15, 0.2) is 24.3 Å². The molecule has 1 saturated heterocycles. The highest BCUT2D eigenvalue weighted by Crippen LogP contribution is 2.33. The fourth-order valence-corrected chi connectivity index (χ4v) is 2.38. The molecule has 5 heteroatoms. The Kier molecular flexibility index (Phi) is 3.93. The van der Waals surface area contributed by atoms with Crippen molar-refractivity contribution in [2.24, 2.45) is 5.73 Å². The summed E-state index contributed by atoms with van der Waals surface area (Å²) in [5.74, 6) is -0.372. The number of carbonyl (C=O) groups is 1. The molecule has 0 radical (unpaired) electrons. The molecule has 2 atom stereocenters. The number of methoxy groups -OCH3 is 1. The molecule has 1 heterocycles. The minimum absolute atomic E-state index is 0.0483. The van der Waals surface area contributed by atoms with Gasteiger partial charge in [-0.1, -0.05) is 18.2 Å². The normalized spacial score (nSPS) is 23.7. The van der Waals surface area contributed by atoms with Crippen molar-refractivity contribution >= 4 is 5.91 Å². The summed E-state index contributed by atoms with van der Waals surface area (Å²) >= 11 is 0. The second-order valence-corrected chi connectivity index (χ2v) is 4.41. The van der Waals surface area contributed by atoms with Crippen LogP contribution in [0.5, 0.6) is 0 Å². The van der Waals surface area contributed by atoms with Gasteiger partial charge in [-0.2, -0.15) is 0 Å². The van der Waals surface area contributed by atoms with E-state index >= 15 is 0 Å². The Balaban J connectivity index is 2.28. The standard InChI is InChI=1S/C13H17FN2O2/c1-18-7-6-16-12(17)8-11(15)13(16)9-4-2-3-5-10(9)14/h2-5,11,13H,6-8,15H2,1H3. The van der Waals surface area contributed by atoms with E-state index in [4.69, 9.17) is 10.5 Å². The summed E-state index contributed by atoms with van der Waals surface area (Å²) in [4.78, 5) is 13.5. The average molecular weight is 252 g/mol. The van der Waals surface area contributed by atoms with Crippen LogP contribution >= 0.6 is 0 Å². The highest BCUT2D eigenvalue weighted by molar-refractivity contribution is 5.80. The highest BCUT2D eigenvalue weighted by Gasteiger charge is 2.39. The first-order valence-electron chi connectivity index (χ1n) is 5.93. The number of amides is 1. The summed E-state index contributed by atoms with van der Waals surface area (Å²) in [5, 5.41) is 0. The van der Waals surface area contributed by atoms with Gasteiger partial charge >= 0.3 is 0 Å². The molecule has 0 bridgehead atoms. The molecule has 18 heavy (non-hydrogen) atoms. The Morgan fingerprint density at radius 1 is 1.50 bits per heavy atom. The second kappa shape index (κ2) is 5.46. The van der Waals surface area contributed by atoms with Crippen molar-refractivity contribution in [3.8, 4) is 0 Å². The summed E-state index contributed by atoms with van der Waals surface area (Å²) in [6, 6.07) is 5.68. The van der Waals surface area contributed by atoms with E-state index in [1.807, 2.05) is 0 Å². The highest BCUT2D eigenvalue weighted by atomic mass is 19.1. The van der Waals surface area contributed by atoms with Gasteiger partial charge in [-0.3, -0.25) is 4.79 Å². The number of hydrogen-bond acceptors (Lipinski definition) is 3. The minimum Gasteiger partial charge on any atom is -0.383 e. The first-order chi connectivity index (χ1) is 8.65. The fourth-order valence-electron chi connectivity index (χ4n) is 2.38. The van der Waals surface area contributed by atoms with Crippen molar-refractivity contribution in [2.75, 3.05) is 20.3 Å². The van der Waals surface area contributed by atoms with E-state index in [2.05, 4.69) is 0 Å². The van der Waals surface area contributed by atoms with E-state index in [1.165, 1.54) is 6.07 Å². The third kappa shape index (κ3) is 2.37. The van der Waals surface area contributed by atoms with Gasteiger partial charge in [-0.25, -0.2) is 4.39 Å². The third-order valence-electron chi connectivity index (χ3n) is 3.23. The number of likely N-dealkylation sites (tertiary alicyclic amines) is 1. The Hall–Kier alpha value is -1.46. The van der Waals surface area contributed by atoms with Crippen molar-refractivity contribution < 1.29 is 13.9 Å². The van der Waals surface area contributed by atoms with Crippen molar-refractivity contribution in [1.82, 2.24) is 4.90 Å². The number of halogens is 1. The molecule has 98 valence electrons. The zero-order chi connectivity index (χ0) is 13.1. The molecule has 2 unspecified atom stereocenters. The van der Waals surface area contributed by atoms with Crippen molar-refractivity contribution in [2.45, 2.75) is 18.5 Å². The maximum absolute atomic E-state index is 13.8. The monoisotopic (exact) mass is 252 g/mol. The predicted octanol–water partition coefficient (Wildman–Crippen LogP) is 1.07. The fraction of sp³-hybridized carbons (Fsp3) is 0.462. The zero-order valence-electron chi connectivity index (χ0n) is 10.3. The van der Waals surface area contributed by atoms with Gasteiger partial charge in [0.05, 0.1) is 12.6 Å². The van der Waals surface area contributed by atoms with E-state index < -0.39 is 6.04 Å². The van der Waals surface area contributed by atoms with Gasteiger partial charge in [-0.05, 0) is 6.07 Å². The summed E-state index contributed by atoms with van der Waals surface area (Å²) in [5.41, 5.74) is 6.44. The van der Waals surface area contributed by atoms with Crippen molar-refractivity contribution in [3.05, 3.63) is 35.6 Å². The van der Waals surface area contributed by atoms with Crippen molar-refractivity contribution in [1.29, 1.82) is 0 Å². The minimum atomic E-state index is -0.395. The predicted molar refractivity (Wildman–Crippen MR) is 65.3 cm³/mol. The first kappa shape index (κ1) is 13.0. The van der Waals surface area contributed by atoms with E-state index in [0.717, 1.165) is 0 Å². The van der Waals surface area contributed by atoms with Gasteiger partial charge in [0.1, 0.15) is 5.82 Å².